The molecule has 0 bridgehead atoms. The van der Waals surface area contributed by atoms with Crippen LogP contribution in [0.5, 0.6) is 0 Å². The fraction of sp³-hybridized carbons (Fsp3) is 0.375. The monoisotopic (exact) mass is 288 g/mol. The highest BCUT2D eigenvalue weighted by molar-refractivity contribution is 5.95. The lowest BCUT2D eigenvalue weighted by Gasteiger charge is -2.29. The van der Waals surface area contributed by atoms with Crippen molar-refractivity contribution in [1.82, 2.24) is 10.6 Å². The second kappa shape index (κ2) is 6.43. The van der Waals surface area contributed by atoms with Crippen LogP contribution in [0.1, 0.15) is 32.3 Å². The van der Waals surface area contributed by atoms with Crippen LogP contribution in [0.2, 0.25) is 0 Å². The van der Waals surface area contributed by atoms with Gasteiger partial charge in [-0.1, -0.05) is 37.3 Å². The molecule has 0 fully saturated rings. The van der Waals surface area contributed by atoms with Crippen molar-refractivity contribution in [3.8, 4) is 0 Å². The fourth-order valence-electron chi connectivity index (χ4n) is 2.47. The number of rotatable bonds is 4. The molecule has 2 rings (SSSR count). The number of carbonyl (C=O) groups is 2. The van der Waals surface area contributed by atoms with Gasteiger partial charge in [0, 0.05) is 11.6 Å². The first-order chi connectivity index (χ1) is 10.0. The molecule has 0 spiro atoms. The van der Waals surface area contributed by atoms with Gasteiger partial charge in [0.25, 0.3) is 0 Å². The first-order valence-electron chi connectivity index (χ1n) is 7.08. The van der Waals surface area contributed by atoms with E-state index in [0.29, 0.717) is 17.9 Å². The van der Waals surface area contributed by atoms with Crippen LogP contribution in [0.3, 0.4) is 0 Å². The summed E-state index contributed by atoms with van der Waals surface area (Å²) >= 11 is 0. The van der Waals surface area contributed by atoms with Gasteiger partial charge in [-0.3, -0.25) is 0 Å². The number of carbonyl (C=O) groups excluding carboxylic acids is 2. The van der Waals surface area contributed by atoms with Gasteiger partial charge in [0.1, 0.15) is 0 Å². The maximum absolute atomic E-state index is 12.2. The third-order valence-electron chi connectivity index (χ3n) is 3.55. The number of esters is 1. The van der Waals surface area contributed by atoms with Crippen LogP contribution in [-0.2, 0) is 9.53 Å². The summed E-state index contributed by atoms with van der Waals surface area (Å²) in [7, 11) is 0. The van der Waals surface area contributed by atoms with E-state index in [2.05, 4.69) is 10.6 Å². The van der Waals surface area contributed by atoms with Gasteiger partial charge in [-0.2, -0.15) is 0 Å². The zero-order valence-electron chi connectivity index (χ0n) is 12.5. The number of nitrogens with one attached hydrogen (secondary N) is 2. The van der Waals surface area contributed by atoms with Gasteiger partial charge in [0.05, 0.1) is 18.2 Å². The van der Waals surface area contributed by atoms with Gasteiger partial charge in [0.15, 0.2) is 0 Å². The minimum atomic E-state index is -0.393. The molecule has 2 N–H and O–H groups in total. The Morgan fingerprint density at radius 3 is 2.62 bits per heavy atom. The summed E-state index contributed by atoms with van der Waals surface area (Å²) in [6, 6.07) is 9.07. The van der Waals surface area contributed by atoms with E-state index in [0.717, 1.165) is 5.56 Å². The SMILES string of the molecule is CCOC(=O)C1=C(C(C)c2ccccc2)NC(=O)NC1C. The number of benzene rings is 1. The molecule has 0 saturated heterocycles. The molecule has 0 radical (unpaired) electrons. The van der Waals surface area contributed by atoms with Crippen LogP contribution in [-0.4, -0.2) is 24.6 Å². The third kappa shape index (κ3) is 3.24. The molecule has 1 aliphatic heterocycles. The number of hydrogen-bond acceptors (Lipinski definition) is 3. The van der Waals surface area contributed by atoms with E-state index < -0.39 is 5.97 Å². The molecule has 112 valence electrons. The quantitative estimate of drug-likeness (QED) is 0.835. The molecule has 1 heterocycles. The molecule has 5 heteroatoms. The Bertz CT molecular complexity index is 566. The van der Waals surface area contributed by atoms with Crippen LogP contribution >= 0.6 is 0 Å². The standard InChI is InChI=1S/C16H20N2O3/c1-4-21-15(19)13-11(3)17-16(20)18-14(13)10(2)12-8-6-5-7-9-12/h5-11H,4H2,1-3H3,(H2,17,18,20). The number of allylic oxidation sites excluding steroid dienone is 1. The van der Waals surface area contributed by atoms with E-state index in [1.807, 2.05) is 37.3 Å². The molecule has 0 saturated carbocycles. The van der Waals surface area contributed by atoms with Crippen molar-refractivity contribution in [3.63, 3.8) is 0 Å². The molecular weight excluding hydrogens is 268 g/mol. The van der Waals surface area contributed by atoms with Crippen molar-refractivity contribution >= 4 is 12.0 Å². The van der Waals surface area contributed by atoms with Gasteiger partial charge < -0.3 is 15.4 Å². The van der Waals surface area contributed by atoms with Crippen LogP contribution in [0.4, 0.5) is 4.79 Å². The lowest BCUT2D eigenvalue weighted by atomic mass is 9.91. The lowest BCUT2D eigenvalue weighted by Crippen LogP contribution is -2.50. The number of ether oxygens (including phenoxy) is 1. The Balaban J connectivity index is 2.44. The van der Waals surface area contributed by atoms with Gasteiger partial charge >= 0.3 is 12.0 Å². The zero-order valence-corrected chi connectivity index (χ0v) is 12.5. The predicted octanol–water partition coefficient (Wildman–Crippen LogP) is 2.31. The van der Waals surface area contributed by atoms with Gasteiger partial charge in [-0.25, -0.2) is 9.59 Å². The number of hydrogen-bond donors (Lipinski definition) is 2. The molecule has 5 nitrogen and oxygen atoms in total. The molecule has 0 aliphatic carbocycles. The maximum atomic E-state index is 12.2. The summed E-state index contributed by atoms with van der Waals surface area (Å²) < 4.78 is 5.12. The Morgan fingerprint density at radius 1 is 1.33 bits per heavy atom. The van der Waals surface area contributed by atoms with E-state index in [-0.39, 0.29) is 18.0 Å². The summed E-state index contributed by atoms with van der Waals surface area (Å²) in [5.74, 6) is -0.491. The zero-order chi connectivity index (χ0) is 15.4. The Morgan fingerprint density at radius 2 is 2.00 bits per heavy atom. The average molecular weight is 288 g/mol. The number of amides is 2. The molecule has 1 aromatic rings. The maximum Gasteiger partial charge on any atom is 0.337 e. The van der Waals surface area contributed by atoms with E-state index in [9.17, 15) is 9.59 Å². The summed E-state index contributed by atoms with van der Waals surface area (Å²) in [5.41, 5.74) is 2.12. The molecular formula is C16H20N2O3. The second-order valence-corrected chi connectivity index (χ2v) is 5.00. The highest BCUT2D eigenvalue weighted by atomic mass is 16.5. The topological polar surface area (TPSA) is 67.4 Å². The Kier molecular flexibility index (Phi) is 4.62. The minimum Gasteiger partial charge on any atom is -0.463 e. The molecule has 2 unspecified atom stereocenters. The Labute approximate surface area is 124 Å². The summed E-state index contributed by atoms with van der Waals surface area (Å²) in [6.45, 7) is 5.80. The predicted molar refractivity (Wildman–Crippen MR) is 79.6 cm³/mol. The average Bonchev–Trinajstić information content (AvgIpc) is 2.46. The van der Waals surface area contributed by atoms with Gasteiger partial charge in [-0.05, 0) is 19.4 Å². The van der Waals surface area contributed by atoms with Gasteiger partial charge in [0.2, 0.25) is 0 Å². The molecule has 2 amide bonds. The van der Waals surface area contributed by atoms with Crippen LogP contribution in [0, 0.1) is 0 Å². The van der Waals surface area contributed by atoms with Crippen LogP contribution < -0.4 is 10.6 Å². The van der Waals surface area contributed by atoms with Crippen molar-refractivity contribution in [1.29, 1.82) is 0 Å². The highest BCUT2D eigenvalue weighted by Gasteiger charge is 2.32. The van der Waals surface area contributed by atoms with Crippen molar-refractivity contribution in [2.45, 2.75) is 32.7 Å². The van der Waals surface area contributed by atoms with Crippen molar-refractivity contribution < 1.29 is 14.3 Å². The molecule has 2 atom stereocenters. The molecule has 1 aliphatic rings. The van der Waals surface area contributed by atoms with Crippen LogP contribution in [0.15, 0.2) is 41.6 Å². The van der Waals surface area contributed by atoms with Crippen molar-refractivity contribution in [2.75, 3.05) is 6.61 Å². The number of urea groups is 1. The van der Waals surface area contributed by atoms with Crippen molar-refractivity contribution in [2.24, 2.45) is 0 Å². The smallest absolute Gasteiger partial charge is 0.337 e. The minimum absolute atomic E-state index is 0.0980. The third-order valence-corrected chi connectivity index (χ3v) is 3.55. The van der Waals surface area contributed by atoms with E-state index in [1.54, 1.807) is 13.8 Å². The first-order valence-corrected chi connectivity index (χ1v) is 7.08. The Hall–Kier alpha value is -2.30. The molecule has 0 aromatic heterocycles. The highest BCUT2D eigenvalue weighted by Crippen LogP contribution is 2.28. The first kappa shape index (κ1) is 15.1. The second-order valence-electron chi connectivity index (χ2n) is 5.00. The largest absolute Gasteiger partial charge is 0.463 e. The van der Waals surface area contributed by atoms with E-state index in [1.165, 1.54) is 0 Å². The van der Waals surface area contributed by atoms with E-state index in [4.69, 9.17) is 4.74 Å². The fourth-order valence-corrected chi connectivity index (χ4v) is 2.47. The summed E-state index contributed by atoms with van der Waals surface area (Å²) in [4.78, 5) is 23.9. The normalized spacial score (nSPS) is 19.6. The lowest BCUT2D eigenvalue weighted by molar-refractivity contribution is -0.139. The van der Waals surface area contributed by atoms with Crippen molar-refractivity contribution in [3.05, 3.63) is 47.2 Å². The van der Waals surface area contributed by atoms with Gasteiger partial charge in [-0.15, -0.1) is 0 Å². The summed E-state index contributed by atoms with van der Waals surface area (Å²) in [6.07, 6.45) is 0. The molecule has 21 heavy (non-hydrogen) atoms. The summed E-state index contributed by atoms with van der Waals surface area (Å²) in [5, 5.41) is 5.46. The molecule has 1 aromatic carbocycles. The van der Waals surface area contributed by atoms with Crippen LogP contribution in [0.25, 0.3) is 0 Å². The van der Waals surface area contributed by atoms with E-state index >= 15 is 0 Å².